The van der Waals surface area contributed by atoms with Gasteiger partial charge >= 0.3 is 0 Å². The monoisotopic (exact) mass is 396 g/mol. The van der Waals surface area contributed by atoms with Gasteiger partial charge in [-0.1, -0.05) is 42.5 Å². The molecule has 2 aromatic carbocycles. The zero-order chi connectivity index (χ0) is 21.1. The second-order valence-electron chi connectivity index (χ2n) is 7.19. The number of benzene rings is 2. The van der Waals surface area contributed by atoms with E-state index in [-0.39, 0.29) is 17.6 Å². The van der Waals surface area contributed by atoms with E-state index in [4.69, 9.17) is 11.5 Å². The average molecular weight is 397 g/mol. The molecule has 6 heteroatoms. The Bertz CT molecular complexity index is 762. The number of anilines is 1. The lowest BCUT2D eigenvalue weighted by Gasteiger charge is -2.16. The van der Waals surface area contributed by atoms with Crippen LogP contribution in [0, 0.1) is 0 Å². The Labute approximate surface area is 173 Å². The number of hydrogen-bond donors (Lipinski definition) is 4. The van der Waals surface area contributed by atoms with Gasteiger partial charge in [0, 0.05) is 18.8 Å². The van der Waals surface area contributed by atoms with Gasteiger partial charge in [0.25, 0.3) is 0 Å². The molecular formula is C23H32N4O2. The fraction of sp³-hybridized carbons (Fsp3) is 0.391. The topological polar surface area (TPSA) is 110 Å². The molecule has 29 heavy (non-hydrogen) atoms. The maximum absolute atomic E-state index is 12.2. The molecule has 2 rings (SSSR count). The van der Waals surface area contributed by atoms with E-state index >= 15 is 0 Å². The van der Waals surface area contributed by atoms with Crippen LogP contribution in [0.5, 0.6) is 0 Å². The van der Waals surface area contributed by atoms with E-state index in [1.54, 1.807) is 6.92 Å². The van der Waals surface area contributed by atoms with Crippen molar-refractivity contribution in [3.8, 4) is 0 Å². The van der Waals surface area contributed by atoms with Crippen LogP contribution in [0.1, 0.15) is 43.2 Å². The normalized spacial score (nSPS) is 12.8. The number of nitrogens with one attached hydrogen (secondary N) is 2. The van der Waals surface area contributed by atoms with Crippen LogP contribution >= 0.6 is 0 Å². The van der Waals surface area contributed by atoms with Crippen molar-refractivity contribution in [2.75, 3.05) is 25.0 Å². The summed E-state index contributed by atoms with van der Waals surface area (Å²) >= 11 is 0. The second-order valence-corrected chi connectivity index (χ2v) is 7.19. The van der Waals surface area contributed by atoms with Gasteiger partial charge in [0.15, 0.2) is 0 Å². The fourth-order valence-corrected chi connectivity index (χ4v) is 3.23. The van der Waals surface area contributed by atoms with E-state index < -0.39 is 6.04 Å². The van der Waals surface area contributed by atoms with Crippen molar-refractivity contribution in [1.82, 2.24) is 5.32 Å². The van der Waals surface area contributed by atoms with Crippen LogP contribution in [0.15, 0.2) is 54.6 Å². The van der Waals surface area contributed by atoms with Crippen molar-refractivity contribution in [3.63, 3.8) is 0 Å². The van der Waals surface area contributed by atoms with Crippen molar-refractivity contribution >= 4 is 17.4 Å². The number of nitrogens with two attached hydrogens (primary N) is 2. The molecule has 0 aromatic heterocycles. The molecule has 6 nitrogen and oxygen atoms in total. The Morgan fingerprint density at radius 1 is 0.931 bits per heavy atom. The highest BCUT2D eigenvalue weighted by Gasteiger charge is 2.18. The maximum Gasteiger partial charge on any atom is 0.236 e. The first kappa shape index (κ1) is 22.6. The summed E-state index contributed by atoms with van der Waals surface area (Å²) < 4.78 is 0. The highest BCUT2D eigenvalue weighted by Crippen LogP contribution is 2.26. The molecule has 0 fully saturated rings. The van der Waals surface area contributed by atoms with Crippen LogP contribution in [0.3, 0.4) is 0 Å². The highest BCUT2D eigenvalue weighted by atomic mass is 16.2. The van der Waals surface area contributed by atoms with Gasteiger partial charge in [-0.25, -0.2) is 0 Å². The summed E-state index contributed by atoms with van der Waals surface area (Å²) in [6, 6.07) is 17.3. The highest BCUT2D eigenvalue weighted by molar-refractivity contribution is 5.87. The Kier molecular flexibility index (Phi) is 9.34. The van der Waals surface area contributed by atoms with E-state index in [9.17, 15) is 9.59 Å². The van der Waals surface area contributed by atoms with Crippen LogP contribution in [-0.4, -0.2) is 37.4 Å². The lowest BCUT2D eigenvalue weighted by Crippen LogP contribution is -2.41. The summed E-state index contributed by atoms with van der Waals surface area (Å²) in [6.07, 6.45) is 2.15. The molecule has 0 aliphatic rings. The molecule has 2 aromatic rings. The van der Waals surface area contributed by atoms with Crippen molar-refractivity contribution < 1.29 is 9.59 Å². The summed E-state index contributed by atoms with van der Waals surface area (Å²) in [5.41, 5.74) is 14.2. The summed E-state index contributed by atoms with van der Waals surface area (Å²) in [7, 11) is 0. The van der Waals surface area contributed by atoms with Gasteiger partial charge in [-0.15, -0.1) is 0 Å². The fourth-order valence-electron chi connectivity index (χ4n) is 3.23. The molecule has 0 saturated carbocycles. The quantitative estimate of drug-likeness (QED) is 0.412. The number of carbonyl (C=O) groups excluding carboxylic acids is 2. The number of Topliss-reactive ketones (excluding diaryl/α,β-unsaturated/α-hetero) is 1. The molecule has 6 N–H and O–H groups in total. The van der Waals surface area contributed by atoms with Crippen LogP contribution in [0.25, 0.3) is 0 Å². The van der Waals surface area contributed by atoms with Gasteiger partial charge < -0.3 is 22.1 Å². The van der Waals surface area contributed by atoms with Crippen LogP contribution < -0.4 is 22.1 Å². The molecule has 0 aliphatic carbocycles. The van der Waals surface area contributed by atoms with Gasteiger partial charge in [-0.3, -0.25) is 9.59 Å². The number of carbonyl (C=O) groups is 2. The largest absolute Gasteiger partial charge is 0.385 e. The summed E-state index contributed by atoms with van der Waals surface area (Å²) in [6.45, 7) is 3.47. The molecule has 0 spiro atoms. The lowest BCUT2D eigenvalue weighted by molar-refractivity contribution is -0.122. The first-order valence-corrected chi connectivity index (χ1v) is 10.2. The Hall–Kier alpha value is -2.70. The molecule has 1 unspecified atom stereocenters. The molecule has 2 atom stereocenters. The van der Waals surface area contributed by atoms with Crippen molar-refractivity contribution in [2.24, 2.45) is 11.5 Å². The van der Waals surface area contributed by atoms with Crippen LogP contribution in [0.4, 0.5) is 5.69 Å². The van der Waals surface area contributed by atoms with Crippen molar-refractivity contribution in [3.05, 3.63) is 65.7 Å². The zero-order valence-electron chi connectivity index (χ0n) is 17.1. The Morgan fingerprint density at radius 2 is 1.59 bits per heavy atom. The number of ketones is 1. The number of amides is 1. The first-order chi connectivity index (χ1) is 14.0. The third kappa shape index (κ3) is 7.33. The number of hydrogen-bond acceptors (Lipinski definition) is 5. The average Bonchev–Trinajstić information content (AvgIpc) is 2.73. The van der Waals surface area contributed by atoms with Gasteiger partial charge in [-0.2, -0.15) is 0 Å². The van der Waals surface area contributed by atoms with E-state index in [1.807, 2.05) is 54.6 Å². The molecule has 1 amide bonds. The summed E-state index contributed by atoms with van der Waals surface area (Å²) in [5, 5.41) is 6.18. The van der Waals surface area contributed by atoms with Gasteiger partial charge in [0.1, 0.15) is 5.78 Å². The van der Waals surface area contributed by atoms with E-state index in [0.29, 0.717) is 19.5 Å². The number of rotatable bonds is 12. The third-order valence-corrected chi connectivity index (χ3v) is 4.82. The van der Waals surface area contributed by atoms with Gasteiger partial charge in [0.2, 0.25) is 5.91 Å². The minimum Gasteiger partial charge on any atom is -0.385 e. The predicted molar refractivity (Wildman–Crippen MR) is 118 cm³/mol. The lowest BCUT2D eigenvalue weighted by atomic mass is 9.88. The Morgan fingerprint density at radius 3 is 2.21 bits per heavy atom. The van der Waals surface area contributed by atoms with Crippen LogP contribution in [-0.2, 0) is 9.59 Å². The SMILES string of the molecule is CC(=O)C(c1ccccc1)c1ccc(NCCCNC(=O)[C@H](N)CCCN)cc1. The molecule has 0 aliphatic heterocycles. The standard InChI is InChI=1S/C23H32N4O2/c1-17(28)22(18-7-3-2-4-8-18)19-10-12-20(13-11-19)26-15-6-16-27-23(29)21(25)9-5-14-24/h2-4,7-8,10-13,21-22,26H,5-6,9,14-16,24-25H2,1H3,(H,27,29)/t21-,22?/m1/s1. The minimum atomic E-state index is -0.488. The maximum atomic E-state index is 12.2. The predicted octanol–water partition coefficient (Wildman–Crippen LogP) is 2.39. The molecule has 0 bridgehead atoms. The second kappa shape index (κ2) is 12.0. The van der Waals surface area contributed by atoms with Crippen molar-refractivity contribution in [1.29, 1.82) is 0 Å². The first-order valence-electron chi connectivity index (χ1n) is 10.2. The van der Waals surface area contributed by atoms with Gasteiger partial charge in [-0.05, 0) is 56.0 Å². The Balaban J connectivity index is 1.79. The summed E-state index contributed by atoms with van der Waals surface area (Å²) in [4.78, 5) is 24.0. The molecule has 0 radical (unpaired) electrons. The van der Waals surface area contributed by atoms with Gasteiger partial charge in [0.05, 0.1) is 12.0 Å². The summed E-state index contributed by atoms with van der Waals surface area (Å²) in [5.74, 6) is -0.250. The van der Waals surface area contributed by atoms with E-state index in [1.165, 1.54) is 0 Å². The van der Waals surface area contributed by atoms with Crippen molar-refractivity contribution in [2.45, 2.75) is 38.1 Å². The smallest absolute Gasteiger partial charge is 0.236 e. The minimum absolute atomic E-state index is 0.123. The molecule has 156 valence electrons. The molecular weight excluding hydrogens is 364 g/mol. The molecule has 0 saturated heterocycles. The zero-order valence-corrected chi connectivity index (χ0v) is 17.1. The van der Waals surface area contributed by atoms with E-state index in [0.717, 1.165) is 36.2 Å². The van der Waals surface area contributed by atoms with E-state index in [2.05, 4.69) is 10.6 Å². The van der Waals surface area contributed by atoms with Crippen LogP contribution in [0.2, 0.25) is 0 Å². The third-order valence-electron chi connectivity index (χ3n) is 4.82. The molecule has 0 heterocycles.